The Morgan fingerprint density at radius 2 is 1.63 bits per heavy atom. The summed E-state index contributed by atoms with van der Waals surface area (Å²) >= 11 is 0. The van der Waals surface area contributed by atoms with E-state index < -0.39 is 40.9 Å². The van der Waals surface area contributed by atoms with Gasteiger partial charge in [0.15, 0.2) is 0 Å². The lowest BCUT2D eigenvalue weighted by atomic mass is 10.1. The number of halogens is 6. The highest BCUT2D eigenvalue weighted by Gasteiger charge is 2.49. The molecule has 27 heavy (non-hydrogen) atoms. The molecule has 0 unspecified atom stereocenters. The number of ether oxygens (including phenoxy) is 1. The summed E-state index contributed by atoms with van der Waals surface area (Å²) in [4.78, 5) is 23.6. The molecular weight excluding hydrogens is 380 g/mol. The van der Waals surface area contributed by atoms with Crippen molar-refractivity contribution in [3.8, 4) is 0 Å². The third-order valence-electron chi connectivity index (χ3n) is 3.53. The normalized spacial score (nSPS) is 12.1. The Kier molecular flexibility index (Phi) is 5.67. The van der Waals surface area contributed by atoms with Crippen LogP contribution in [0.1, 0.15) is 38.9 Å². The lowest BCUT2D eigenvalue weighted by molar-refractivity contribution is -0.139. The maximum Gasteiger partial charge on any atom is 0.454 e. The Morgan fingerprint density at radius 1 is 1.04 bits per heavy atom. The first-order chi connectivity index (χ1) is 12.5. The minimum absolute atomic E-state index is 0.296. The molecule has 0 saturated carbocycles. The molecule has 0 aliphatic heterocycles. The molecule has 10 heteroatoms. The van der Waals surface area contributed by atoms with Crippen LogP contribution in [0.5, 0.6) is 0 Å². The third-order valence-corrected chi connectivity index (χ3v) is 3.53. The second-order valence-corrected chi connectivity index (χ2v) is 5.42. The quantitative estimate of drug-likeness (QED) is 0.428. The summed E-state index contributed by atoms with van der Waals surface area (Å²) in [5.41, 5.74) is -4.34. The number of rotatable bonds is 5. The van der Waals surface area contributed by atoms with Crippen molar-refractivity contribution in [3.63, 3.8) is 0 Å². The van der Waals surface area contributed by atoms with E-state index in [1.807, 2.05) is 0 Å². The van der Waals surface area contributed by atoms with Gasteiger partial charge in [-0.3, -0.25) is 4.79 Å². The Bertz CT molecular complexity index is 837. The number of carbonyl (C=O) groups excluding carboxylic acids is 2. The summed E-state index contributed by atoms with van der Waals surface area (Å²) < 4.78 is 84.0. The number of hydrogen-bond acceptors (Lipinski definition) is 3. The van der Waals surface area contributed by atoms with Gasteiger partial charge in [0.2, 0.25) is 0 Å². The topological polar surface area (TPSA) is 48.3 Å². The molecule has 2 aromatic rings. The fourth-order valence-corrected chi connectivity index (χ4v) is 2.49. The summed E-state index contributed by atoms with van der Waals surface area (Å²) in [7, 11) is 0. The van der Waals surface area contributed by atoms with Gasteiger partial charge in [-0.1, -0.05) is 30.3 Å². The molecule has 0 radical (unpaired) electrons. The molecule has 146 valence electrons. The Morgan fingerprint density at radius 3 is 2.11 bits per heavy atom. The second kappa shape index (κ2) is 7.45. The monoisotopic (exact) mass is 393 g/mol. The van der Waals surface area contributed by atoms with E-state index in [-0.39, 0.29) is 13.2 Å². The number of esters is 1. The lowest BCUT2D eigenvalue weighted by Crippen LogP contribution is -2.26. The molecule has 0 aliphatic carbocycles. The van der Waals surface area contributed by atoms with Crippen molar-refractivity contribution in [1.29, 1.82) is 0 Å². The van der Waals surface area contributed by atoms with E-state index in [9.17, 15) is 35.9 Å². The van der Waals surface area contributed by atoms with Crippen molar-refractivity contribution in [3.05, 3.63) is 58.9 Å². The molecule has 0 saturated heterocycles. The Balaban J connectivity index is 2.73. The van der Waals surface area contributed by atoms with Gasteiger partial charge in [-0.2, -0.15) is 26.3 Å². The van der Waals surface area contributed by atoms with E-state index in [0.29, 0.717) is 16.3 Å². The van der Waals surface area contributed by atoms with Crippen molar-refractivity contribution < 1.29 is 40.7 Å². The summed E-state index contributed by atoms with van der Waals surface area (Å²) in [6.45, 7) is 0.676. The van der Waals surface area contributed by atoms with Gasteiger partial charge in [0, 0.05) is 12.7 Å². The number of Topliss-reactive ketones (excluding diaryl/α,β-unsaturated/α-hetero) is 1. The highest BCUT2D eigenvalue weighted by molar-refractivity contribution is 6.04. The average Bonchev–Trinajstić information content (AvgIpc) is 2.93. The SMILES string of the molecule is CCOC(=O)c1c(C(F)(F)F)c(C(=O)C(F)(F)F)cn1Cc1ccccc1. The van der Waals surface area contributed by atoms with Crippen molar-refractivity contribution in [2.45, 2.75) is 25.8 Å². The molecule has 0 bridgehead atoms. The predicted octanol–water partition coefficient (Wildman–Crippen LogP) is 4.48. The first-order valence-corrected chi connectivity index (χ1v) is 7.59. The van der Waals surface area contributed by atoms with Crippen LogP contribution in [0.15, 0.2) is 36.5 Å². The molecule has 1 aromatic carbocycles. The summed E-state index contributed by atoms with van der Waals surface area (Å²) in [6, 6.07) is 7.77. The highest BCUT2D eigenvalue weighted by Crippen LogP contribution is 2.39. The summed E-state index contributed by atoms with van der Waals surface area (Å²) in [6.07, 6.45) is -10.5. The Labute approximate surface area is 149 Å². The van der Waals surface area contributed by atoms with E-state index in [1.54, 1.807) is 18.2 Å². The van der Waals surface area contributed by atoms with Crippen LogP contribution in [-0.4, -0.2) is 29.1 Å². The standard InChI is InChI=1S/C17H13F6NO3/c1-2-27-15(26)13-12(16(18,19)20)11(14(25)17(21,22)23)9-24(13)8-10-6-4-3-5-7-10/h3-7,9H,2,8H2,1H3. The van der Waals surface area contributed by atoms with E-state index in [1.165, 1.54) is 19.1 Å². The van der Waals surface area contributed by atoms with E-state index in [4.69, 9.17) is 0 Å². The molecule has 2 rings (SSSR count). The molecule has 1 aromatic heterocycles. The number of alkyl halides is 6. The average molecular weight is 393 g/mol. The number of ketones is 1. The first-order valence-electron chi connectivity index (χ1n) is 7.59. The molecular formula is C17H13F6NO3. The van der Waals surface area contributed by atoms with Crippen LogP contribution in [0, 0.1) is 0 Å². The van der Waals surface area contributed by atoms with Crippen LogP contribution in [0.2, 0.25) is 0 Å². The van der Waals surface area contributed by atoms with Gasteiger partial charge in [0.05, 0.1) is 17.7 Å². The van der Waals surface area contributed by atoms with Crippen molar-refractivity contribution in [2.24, 2.45) is 0 Å². The molecule has 0 atom stereocenters. The van der Waals surface area contributed by atoms with Crippen LogP contribution in [0.4, 0.5) is 26.3 Å². The lowest BCUT2D eigenvalue weighted by Gasteiger charge is -2.13. The van der Waals surface area contributed by atoms with E-state index >= 15 is 0 Å². The smallest absolute Gasteiger partial charge is 0.454 e. The minimum atomic E-state index is -5.54. The van der Waals surface area contributed by atoms with Gasteiger partial charge in [0.1, 0.15) is 5.69 Å². The minimum Gasteiger partial charge on any atom is -0.461 e. The number of nitrogens with zero attached hydrogens (tertiary/aromatic N) is 1. The Hall–Kier alpha value is -2.78. The van der Waals surface area contributed by atoms with Gasteiger partial charge in [-0.25, -0.2) is 4.79 Å². The molecule has 0 fully saturated rings. The van der Waals surface area contributed by atoms with E-state index in [2.05, 4.69) is 4.74 Å². The van der Waals surface area contributed by atoms with Crippen LogP contribution >= 0.6 is 0 Å². The second-order valence-electron chi connectivity index (χ2n) is 5.42. The largest absolute Gasteiger partial charge is 0.461 e. The molecule has 0 aliphatic rings. The molecule has 0 spiro atoms. The van der Waals surface area contributed by atoms with Crippen LogP contribution in [0.25, 0.3) is 0 Å². The zero-order valence-corrected chi connectivity index (χ0v) is 13.8. The molecule has 0 amide bonds. The molecule has 4 nitrogen and oxygen atoms in total. The third kappa shape index (κ3) is 4.50. The summed E-state index contributed by atoms with van der Waals surface area (Å²) in [5, 5.41) is 0. The van der Waals surface area contributed by atoms with Gasteiger partial charge < -0.3 is 9.30 Å². The zero-order valence-electron chi connectivity index (χ0n) is 13.8. The number of hydrogen-bond donors (Lipinski definition) is 0. The first kappa shape index (κ1) is 20.5. The number of carbonyl (C=O) groups is 2. The molecule has 0 N–H and O–H groups in total. The van der Waals surface area contributed by atoms with Crippen molar-refractivity contribution >= 4 is 11.8 Å². The van der Waals surface area contributed by atoms with Gasteiger partial charge in [-0.15, -0.1) is 0 Å². The fourth-order valence-electron chi connectivity index (χ4n) is 2.49. The van der Waals surface area contributed by atoms with Crippen LogP contribution in [0.3, 0.4) is 0 Å². The molecule has 1 heterocycles. The van der Waals surface area contributed by atoms with E-state index in [0.717, 1.165) is 0 Å². The van der Waals surface area contributed by atoms with Crippen LogP contribution in [-0.2, 0) is 17.5 Å². The van der Waals surface area contributed by atoms with Gasteiger partial charge in [0.25, 0.3) is 5.78 Å². The zero-order chi connectivity index (χ0) is 20.4. The van der Waals surface area contributed by atoms with Crippen molar-refractivity contribution in [2.75, 3.05) is 6.61 Å². The van der Waals surface area contributed by atoms with Gasteiger partial charge >= 0.3 is 18.3 Å². The fraction of sp³-hybridized carbons (Fsp3) is 0.294. The maximum absolute atomic E-state index is 13.5. The van der Waals surface area contributed by atoms with Crippen LogP contribution < -0.4 is 0 Å². The summed E-state index contributed by atoms with van der Waals surface area (Å²) in [5.74, 6) is -4.16. The maximum atomic E-state index is 13.5. The highest BCUT2D eigenvalue weighted by atomic mass is 19.4. The van der Waals surface area contributed by atoms with Gasteiger partial charge in [-0.05, 0) is 12.5 Å². The number of aromatic nitrogens is 1. The number of benzene rings is 1. The van der Waals surface area contributed by atoms with Crippen molar-refractivity contribution in [1.82, 2.24) is 4.57 Å². The predicted molar refractivity (Wildman–Crippen MR) is 81.3 cm³/mol.